The average Bonchev–Trinajstić information content (AvgIpc) is 3.44. The van der Waals surface area contributed by atoms with Gasteiger partial charge < -0.3 is 15.1 Å². The Balaban J connectivity index is 1.24. The predicted molar refractivity (Wildman–Crippen MR) is 104 cm³/mol. The molecular formula is C19H31N7O2. The standard InChI is InChI=1S/C19H31N7O2/c27-18(24-7-1-2-8-24)16-3-9-25(10-4-16)19(28)17-15-26(22-21-17)14-13-23-11-5-20-6-12-23/h15-16,20H,1-14H2. The Bertz CT molecular complexity index is 672. The summed E-state index contributed by atoms with van der Waals surface area (Å²) in [6.45, 7) is 8.85. The molecule has 3 aliphatic rings. The minimum absolute atomic E-state index is 0.0665. The molecule has 4 rings (SSSR count). The third-order valence-electron chi connectivity index (χ3n) is 6.16. The van der Waals surface area contributed by atoms with E-state index < -0.39 is 0 Å². The van der Waals surface area contributed by atoms with Gasteiger partial charge in [0.25, 0.3) is 5.91 Å². The summed E-state index contributed by atoms with van der Waals surface area (Å²) >= 11 is 0. The van der Waals surface area contributed by atoms with Crippen molar-refractivity contribution in [1.29, 1.82) is 0 Å². The van der Waals surface area contributed by atoms with Gasteiger partial charge in [0.1, 0.15) is 0 Å². The van der Waals surface area contributed by atoms with E-state index in [-0.39, 0.29) is 17.7 Å². The highest BCUT2D eigenvalue weighted by molar-refractivity contribution is 5.92. The van der Waals surface area contributed by atoms with Gasteiger partial charge in [0.05, 0.1) is 12.7 Å². The third-order valence-corrected chi connectivity index (χ3v) is 6.16. The summed E-state index contributed by atoms with van der Waals surface area (Å²) in [6, 6.07) is 0. The van der Waals surface area contributed by atoms with Crippen LogP contribution in [0, 0.1) is 5.92 Å². The number of carbonyl (C=O) groups is 2. The van der Waals surface area contributed by atoms with Crippen molar-refractivity contribution in [2.45, 2.75) is 32.2 Å². The van der Waals surface area contributed by atoms with E-state index in [1.165, 1.54) is 0 Å². The molecule has 28 heavy (non-hydrogen) atoms. The van der Waals surface area contributed by atoms with E-state index in [4.69, 9.17) is 0 Å². The van der Waals surface area contributed by atoms with Crippen LogP contribution in [0.2, 0.25) is 0 Å². The lowest BCUT2D eigenvalue weighted by Crippen LogP contribution is -2.44. The van der Waals surface area contributed by atoms with Gasteiger partial charge in [0, 0.05) is 64.8 Å². The van der Waals surface area contributed by atoms with E-state index >= 15 is 0 Å². The zero-order valence-electron chi connectivity index (χ0n) is 16.6. The van der Waals surface area contributed by atoms with Crippen molar-refractivity contribution in [3.05, 3.63) is 11.9 Å². The Morgan fingerprint density at radius 2 is 1.68 bits per heavy atom. The van der Waals surface area contributed by atoms with Crippen molar-refractivity contribution < 1.29 is 9.59 Å². The van der Waals surface area contributed by atoms with Gasteiger partial charge in [-0.15, -0.1) is 5.10 Å². The fourth-order valence-electron chi connectivity index (χ4n) is 4.37. The van der Waals surface area contributed by atoms with Crippen LogP contribution in [0.25, 0.3) is 0 Å². The zero-order chi connectivity index (χ0) is 19.3. The van der Waals surface area contributed by atoms with Gasteiger partial charge in [-0.3, -0.25) is 19.2 Å². The van der Waals surface area contributed by atoms with Crippen molar-refractivity contribution in [3.8, 4) is 0 Å². The number of likely N-dealkylation sites (tertiary alicyclic amines) is 2. The normalized spacial score (nSPS) is 22.0. The number of rotatable bonds is 5. The fourth-order valence-corrected chi connectivity index (χ4v) is 4.37. The number of hydrogen-bond donors (Lipinski definition) is 1. The molecule has 9 heteroatoms. The smallest absolute Gasteiger partial charge is 0.276 e. The highest BCUT2D eigenvalue weighted by atomic mass is 16.2. The molecule has 154 valence electrons. The van der Waals surface area contributed by atoms with Crippen molar-refractivity contribution in [1.82, 2.24) is 35.0 Å². The van der Waals surface area contributed by atoms with E-state index in [1.807, 2.05) is 9.80 Å². The third kappa shape index (κ3) is 4.52. The average molecular weight is 390 g/mol. The number of nitrogens with zero attached hydrogens (tertiary/aromatic N) is 6. The molecule has 0 aromatic carbocycles. The van der Waals surface area contributed by atoms with Crippen molar-refractivity contribution >= 4 is 11.8 Å². The minimum Gasteiger partial charge on any atom is -0.342 e. The van der Waals surface area contributed by atoms with Crippen LogP contribution in [0.15, 0.2) is 6.20 Å². The fraction of sp³-hybridized carbons (Fsp3) is 0.789. The number of nitrogens with one attached hydrogen (secondary N) is 1. The van der Waals surface area contributed by atoms with Crippen LogP contribution in [-0.2, 0) is 11.3 Å². The monoisotopic (exact) mass is 389 g/mol. The predicted octanol–water partition coefficient (Wildman–Crippen LogP) is -0.342. The Hall–Kier alpha value is -2.00. The number of amides is 2. The first-order chi connectivity index (χ1) is 13.7. The lowest BCUT2D eigenvalue weighted by molar-refractivity contribution is -0.135. The molecule has 0 atom stereocenters. The zero-order valence-corrected chi connectivity index (χ0v) is 16.6. The summed E-state index contributed by atoms with van der Waals surface area (Å²) in [7, 11) is 0. The molecule has 2 amide bonds. The number of carbonyl (C=O) groups excluding carboxylic acids is 2. The summed E-state index contributed by atoms with van der Waals surface area (Å²) in [5.41, 5.74) is 0.407. The molecule has 1 aromatic rings. The van der Waals surface area contributed by atoms with Crippen molar-refractivity contribution in [2.75, 3.05) is 58.9 Å². The van der Waals surface area contributed by atoms with E-state index in [0.717, 1.165) is 78.0 Å². The molecule has 0 bridgehead atoms. The van der Waals surface area contributed by atoms with Gasteiger partial charge in [-0.1, -0.05) is 5.21 Å². The van der Waals surface area contributed by atoms with Crippen molar-refractivity contribution in [3.63, 3.8) is 0 Å². The Kier molecular flexibility index (Phi) is 6.21. The highest BCUT2D eigenvalue weighted by Crippen LogP contribution is 2.22. The lowest BCUT2D eigenvalue weighted by Gasteiger charge is -2.32. The van der Waals surface area contributed by atoms with Gasteiger partial charge in [0.2, 0.25) is 5.91 Å². The second kappa shape index (κ2) is 9.00. The maximum atomic E-state index is 12.7. The Morgan fingerprint density at radius 3 is 2.39 bits per heavy atom. The van der Waals surface area contributed by atoms with Crippen LogP contribution in [0.5, 0.6) is 0 Å². The van der Waals surface area contributed by atoms with E-state index in [0.29, 0.717) is 18.8 Å². The first-order valence-electron chi connectivity index (χ1n) is 10.6. The van der Waals surface area contributed by atoms with Gasteiger partial charge >= 0.3 is 0 Å². The topological polar surface area (TPSA) is 86.6 Å². The number of piperidine rings is 1. The number of hydrogen-bond acceptors (Lipinski definition) is 6. The Labute approximate surface area is 166 Å². The van der Waals surface area contributed by atoms with E-state index in [2.05, 4.69) is 20.5 Å². The molecule has 0 aliphatic carbocycles. The van der Waals surface area contributed by atoms with Crippen LogP contribution in [0.3, 0.4) is 0 Å². The van der Waals surface area contributed by atoms with Crippen LogP contribution in [0.4, 0.5) is 0 Å². The minimum atomic E-state index is -0.0690. The summed E-state index contributed by atoms with van der Waals surface area (Å²) in [4.78, 5) is 31.5. The number of aromatic nitrogens is 3. The van der Waals surface area contributed by atoms with Crippen LogP contribution in [0.1, 0.15) is 36.2 Å². The quantitative estimate of drug-likeness (QED) is 0.741. The summed E-state index contributed by atoms with van der Waals surface area (Å²) < 4.78 is 1.76. The van der Waals surface area contributed by atoms with Crippen LogP contribution < -0.4 is 5.32 Å². The molecule has 4 heterocycles. The maximum absolute atomic E-state index is 12.7. The largest absolute Gasteiger partial charge is 0.342 e. The van der Waals surface area contributed by atoms with Gasteiger partial charge in [-0.05, 0) is 25.7 Å². The van der Waals surface area contributed by atoms with Crippen LogP contribution in [-0.4, -0.2) is 100 Å². The van der Waals surface area contributed by atoms with Gasteiger partial charge in [-0.2, -0.15) is 0 Å². The summed E-state index contributed by atoms with van der Waals surface area (Å²) in [5.74, 6) is 0.279. The molecular weight excluding hydrogens is 358 g/mol. The first-order valence-corrected chi connectivity index (χ1v) is 10.6. The molecule has 3 aliphatic heterocycles. The molecule has 0 saturated carbocycles. The SMILES string of the molecule is O=C(c1cn(CCN2CCNCC2)nn1)N1CCC(C(=O)N2CCCC2)CC1. The number of piperazine rings is 1. The molecule has 0 radical (unpaired) electrons. The van der Waals surface area contributed by atoms with Gasteiger partial charge in [0.15, 0.2) is 5.69 Å². The molecule has 3 saturated heterocycles. The first kappa shape index (κ1) is 19.3. The second-order valence-corrected chi connectivity index (χ2v) is 8.06. The second-order valence-electron chi connectivity index (χ2n) is 8.06. The molecule has 0 spiro atoms. The van der Waals surface area contributed by atoms with Crippen molar-refractivity contribution in [2.24, 2.45) is 5.92 Å². The lowest BCUT2D eigenvalue weighted by atomic mass is 9.95. The molecule has 3 fully saturated rings. The molecule has 9 nitrogen and oxygen atoms in total. The Morgan fingerprint density at radius 1 is 0.964 bits per heavy atom. The molecule has 0 unspecified atom stereocenters. The molecule has 1 aromatic heterocycles. The van der Waals surface area contributed by atoms with Crippen LogP contribution >= 0.6 is 0 Å². The maximum Gasteiger partial charge on any atom is 0.276 e. The van der Waals surface area contributed by atoms with E-state index in [9.17, 15) is 9.59 Å². The molecule has 1 N–H and O–H groups in total. The van der Waals surface area contributed by atoms with Gasteiger partial charge in [-0.25, -0.2) is 0 Å². The summed E-state index contributed by atoms with van der Waals surface area (Å²) in [6.07, 6.45) is 5.49. The highest BCUT2D eigenvalue weighted by Gasteiger charge is 2.32. The summed E-state index contributed by atoms with van der Waals surface area (Å²) in [5, 5.41) is 11.6. The van der Waals surface area contributed by atoms with E-state index in [1.54, 1.807) is 10.9 Å².